The lowest BCUT2D eigenvalue weighted by Gasteiger charge is -2.24. The van der Waals surface area contributed by atoms with E-state index in [1.807, 2.05) is 17.3 Å². The fourth-order valence-corrected chi connectivity index (χ4v) is 3.72. The second-order valence-corrected chi connectivity index (χ2v) is 7.49. The zero-order valence-corrected chi connectivity index (χ0v) is 15.1. The third-order valence-corrected chi connectivity index (χ3v) is 5.22. The summed E-state index contributed by atoms with van der Waals surface area (Å²) in [6.45, 7) is 7.18. The minimum atomic E-state index is -0.200. The van der Waals surface area contributed by atoms with Gasteiger partial charge < -0.3 is 9.64 Å². The Morgan fingerprint density at radius 1 is 1.25 bits per heavy atom. The molecule has 6 nitrogen and oxygen atoms in total. The van der Waals surface area contributed by atoms with Gasteiger partial charge in [0.1, 0.15) is 6.10 Å². The number of nitrogens with zero attached hydrogens (tertiary/aromatic N) is 4. The molecule has 2 saturated heterocycles. The third-order valence-electron chi connectivity index (χ3n) is 4.47. The van der Waals surface area contributed by atoms with E-state index in [0.29, 0.717) is 0 Å². The lowest BCUT2D eigenvalue weighted by Crippen LogP contribution is -2.41. The molecular weight excluding hydrogens is 324 g/mol. The van der Waals surface area contributed by atoms with Crippen LogP contribution in [0.25, 0.3) is 0 Å². The van der Waals surface area contributed by atoms with Gasteiger partial charge in [0.15, 0.2) is 5.16 Å². The Hall–Kier alpha value is -1.18. The van der Waals surface area contributed by atoms with Crippen LogP contribution in [0.15, 0.2) is 17.6 Å². The molecule has 1 aromatic heterocycles. The van der Waals surface area contributed by atoms with Crippen LogP contribution in [0.1, 0.15) is 31.7 Å². The van der Waals surface area contributed by atoms with Crippen LogP contribution in [0.2, 0.25) is 0 Å². The van der Waals surface area contributed by atoms with Crippen LogP contribution in [0.4, 0.5) is 0 Å². The van der Waals surface area contributed by atoms with E-state index in [1.54, 1.807) is 11.8 Å². The maximum absolute atomic E-state index is 12.5. The number of carbonyl (C=O) groups is 1. The summed E-state index contributed by atoms with van der Waals surface area (Å²) in [5.41, 5.74) is 1.13. The molecule has 1 amide bonds. The van der Waals surface area contributed by atoms with E-state index in [2.05, 4.69) is 21.8 Å². The summed E-state index contributed by atoms with van der Waals surface area (Å²) in [4.78, 5) is 25.6. The van der Waals surface area contributed by atoms with Crippen LogP contribution in [0, 0.1) is 0 Å². The standard InChI is InChI=1S/C17H26N4O2S/c1-2-24-17-18-11-14(12-19-17)13-20-6-4-7-21(9-8-20)16(22)15-5-3-10-23-15/h11-12,15H,2-10,13H2,1H3/t15-/m0/s1. The molecule has 1 aromatic rings. The van der Waals surface area contributed by atoms with Crippen LogP contribution in [-0.4, -0.2) is 70.3 Å². The minimum Gasteiger partial charge on any atom is -0.368 e. The smallest absolute Gasteiger partial charge is 0.251 e. The topological polar surface area (TPSA) is 58.6 Å². The van der Waals surface area contributed by atoms with Crippen LogP contribution in [-0.2, 0) is 16.1 Å². The van der Waals surface area contributed by atoms with Crippen LogP contribution >= 0.6 is 11.8 Å². The summed E-state index contributed by atoms with van der Waals surface area (Å²) in [5, 5.41) is 0.838. The fourth-order valence-electron chi connectivity index (χ4n) is 3.21. The highest BCUT2D eigenvalue weighted by Crippen LogP contribution is 2.17. The summed E-state index contributed by atoms with van der Waals surface area (Å²) >= 11 is 1.66. The molecule has 0 spiro atoms. The van der Waals surface area contributed by atoms with E-state index in [-0.39, 0.29) is 12.0 Å². The van der Waals surface area contributed by atoms with Gasteiger partial charge in [-0.3, -0.25) is 9.69 Å². The van der Waals surface area contributed by atoms with E-state index in [9.17, 15) is 4.79 Å². The van der Waals surface area contributed by atoms with Gasteiger partial charge in [-0.15, -0.1) is 0 Å². The summed E-state index contributed by atoms with van der Waals surface area (Å²) < 4.78 is 5.54. The number of thioether (sulfide) groups is 1. The Kier molecular flexibility index (Phi) is 6.45. The molecule has 7 heteroatoms. The van der Waals surface area contributed by atoms with Crippen molar-refractivity contribution in [3.8, 4) is 0 Å². The molecule has 0 bridgehead atoms. The zero-order chi connectivity index (χ0) is 16.8. The average molecular weight is 350 g/mol. The van der Waals surface area contributed by atoms with Crippen molar-refractivity contribution in [2.75, 3.05) is 38.5 Å². The average Bonchev–Trinajstić information content (AvgIpc) is 3.04. The maximum Gasteiger partial charge on any atom is 0.251 e. The van der Waals surface area contributed by atoms with Gasteiger partial charge in [0.25, 0.3) is 5.91 Å². The van der Waals surface area contributed by atoms with E-state index in [4.69, 9.17) is 4.74 Å². The van der Waals surface area contributed by atoms with E-state index in [1.165, 1.54) is 0 Å². The van der Waals surface area contributed by atoms with Crippen molar-refractivity contribution in [1.82, 2.24) is 19.8 Å². The third kappa shape index (κ3) is 4.68. The maximum atomic E-state index is 12.5. The molecule has 0 aromatic carbocycles. The van der Waals surface area contributed by atoms with Crippen molar-refractivity contribution in [1.29, 1.82) is 0 Å². The SMILES string of the molecule is CCSc1ncc(CN2CCCN(C(=O)[C@@H]3CCCO3)CC2)cn1. The summed E-state index contributed by atoms with van der Waals surface area (Å²) in [7, 11) is 0. The van der Waals surface area contributed by atoms with E-state index >= 15 is 0 Å². The van der Waals surface area contributed by atoms with Crippen LogP contribution in [0.5, 0.6) is 0 Å². The van der Waals surface area contributed by atoms with Gasteiger partial charge in [-0.05, 0) is 25.0 Å². The Labute approximate surface area is 148 Å². The molecule has 2 aliphatic heterocycles. The lowest BCUT2D eigenvalue weighted by molar-refractivity contribution is -0.140. The number of ether oxygens (including phenoxy) is 1. The Balaban J connectivity index is 1.50. The molecule has 132 valence electrons. The molecular formula is C17H26N4O2S. The van der Waals surface area contributed by atoms with Crippen LogP contribution < -0.4 is 0 Å². The highest BCUT2D eigenvalue weighted by molar-refractivity contribution is 7.99. The van der Waals surface area contributed by atoms with Crippen LogP contribution in [0.3, 0.4) is 0 Å². The van der Waals surface area contributed by atoms with Crippen molar-refractivity contribution in [2.45, 2.75) is 44.0 Å². The number of carbonyl (C=O) groups excluding carboxylic acids is 1. The molecule has 2 aliphatic rings. The van der Waals surface area contributed by atoms with Crippen molar-refractivity contribution in [2.24, 2.45) is 0 Å². The minimum absolute atomic E-state index is 0.179. The molecule has 0 N–H and O–H groups in total. The van der Waals surface area contributed by atoms with Gasteiger partial charge in [-0.2, -0.15) is 0 Å². The zero-order valence-electron chi connectivity index (χ0n) is 14.3. The van der Waals surface area contributed by atoms with E-state index < -0.39 is 0 Å². The summed E-state index contributed by atoms with van der Waals surface area (Å²) in [6, 6.07) is 0. The first-order valence-electron chi connectivity index (χ1n) is 8.82. The normalized spacial score (nSPS) is 22.5. The molecule has 0 unspecified atom stereocenters. The molecule has 3 heterocycles. The monoisotopic (exact) mass is 350 g/mol. The van der Waals surface area contributed by atoms with Gasteiger partial charge in [0, 0.05) is 57.3 Å². The molecule has 1 atom stereocenters. The number of rotatable bonds is 5. The Bertz CT molecular complexity index is 534. The van der Waals surface area contributed by atoms with Gasteiger partial charge >= 0.3 is 0 Å². The number of hydrogen-bond donors (Lipinski definition) is 0. The highest BCUT2D eigenvalue weighted by atomic mass is 32.2. The Morgan fingerprint density at radius 3 is 2.79 bits per heavy atom. The van der Waals surface area contributed by atoms with Gasteiger partial charge in [-0.1, -0.05) is 18.7 Å². The fraction of sp³-hybridized carbons (Fsp3) is 0.706. The van der Waals surface area contributed by atoms with Crippen molar-refractivity contribution < 1.29 is 9.53 Å². The summed E-state index contributed by atoms with van der Waals surface area (Å²) in [5.74, 6) is 1.17. The summed E-state index contributed by atoms with van der Waals surface area (Å²) in [6.07, 6.45) is 6.52. The largest absolute Gasteiger partial charge is 0.368 e. The highest BCUT2D eigenvalue weighted by Gasteiger charge is 2.29. The van der Waals surface area contributed by atoms with Gasteiger partial charge in [0.05, 0.1) is 0 Å². The molecule has 2 fully saturated rings. The Morgan fingerprint density at radius 2 is 2.08 bits per heavy atom. The predicted octanol–water partition coefficient (Wildman–Crippen LogP) is 1.80. The second kappa shape index (κ2) is 8.78. The first-order valence-corrected chi connectivity index (χ1v) is 9.81. The quantitative estimate of drug-likeness (QED) is 0.596. The first kappa shape index (κ1) is 17.6. The van der Waals surface area contributed by atoms with Gasteiger partial charge in [0.2, 0.25) is 0 Å². The molecule has 0 aliphatic carbocycles. The molecule has 0 saturated carbocycles. The van der Waals surface area contributed by atoms with Gasteiger partial charge in [-0.25, -0.2) is 9.97 Å². The number of aromatic nitrogens is 2. The predicted molar refractivity (Wildman–Crippen MR) is 93.9 cm³/mol. The van der Waals surface area contributed by atoms with Crippen molar-refractivity contribution in [3.63, 3.8) is 0 Å². The molecule has 24 heavy (non-hydrogen) atoms. The molecule has 3 rings (SSSR count). The second-order valence-electron chi connectivity index (χ2n) is 6.26. The number of hydrogen-bond acceptors (Lipinski definition) is 6. The van der Waals surface area contributed by atoms with Crippen molar-refractivity contribution in [3.05, 3.63) is 18.0 Å². The van der Waals surface area contributed by atoms with Crippen molar-refractivity contribution >= 4 is 17.7 Å². The van der Waals surface area contributed by atoms with E-state index in [0.717, 1.165) is 75.1 Å². The first-order chi connectivity index (χ1) is 11.8. The molecule has 0 radical (unpaired) electrons. The number of amides is 1. The lowest BCUT2D eigenvalue weighted by atomic mass is 10.2.